The maximum atomic E-state index is 13.9. The number of carbonyl (C=O) groups excluding carboxylic acids is 1. The second-order valence-corrected chi connectivity index (χ2v) is 6.73. The van der Waals surface area contributed by atoms with Gasteiger partial charge in [-0.15, -0.1) is 0 Å². The molecule has 0 aliphatic carbocycles. The number of nitrogens with one attached hydrogen (secondary N) is 1. The number of halogens is 6. The van der Waals surface area contributed by atoms with Gasteiger partial charge in [0.25, 0.3) is 5.91 Å². The highest BCUT2D eigenvalue weighted by Crippen LogP contribution is 2.40. The molecule has 0 fully saturated rings. The van der Waals surface area contributed by atoms with Gasteiger partial charge in [0.05, 0.1) is 44.3 Å². The number of nitrogens with zero attached hydrogens (tertiary/aromatic N) is 2. The predicted octanol–water partition coefficient (Wildman–Crippen LogP) is 5.19. The van der Waals surface area contributed by atoms with Crippen LogP contribution in [0.5, 0.6) is 17.2 Å². The summed E-state index contributed by atoms with van der Waals surface area (Å²) in [7, 11) is 3.96. The normalized spacial score (nSPS) is 11.8. The first kappa shape index (κ1) is 24.7. The highest BCUT2D eigenvalue weighted by molar-refractivity contribution is 6.05. The molecule has 0 saturated heterocycles. The number of carbonyl (C=O) groups is 1. The molecular weight excluding hydrogens is 472 g/mol. The summed E-state index contributed by atoms with van der Waals surface area (Å²) in [6.07, 6.45) is -9.28. The van der Waals surface area contributed by atoms with Crippen molar-refractivity contribution < 1.29 is 45.3 Å². The molecule has 1 aromatic heterocycles. The molecule has 0 radical (unpaired) electrons. The van der Waals surface area contributed by atoms with Crippen molar-refractivity contribution in [2.75, 3.05) is 26.6 Å². The number of anilines is 1. The molecule has 34 heavy (non-hydrogen) atoms. The van der Waals surface area contributed by atoms with Gasteiger partial charge in [-0.1, -0.05) is 6.07 Å². The number of benzene rings is 2. The monoisotopic (exact) mass is 489 g/mol. The fourth-order valence-corrected chi connectivity index (χ4v) is 3.15. The number of aromatic nitrogens is 2. The Bertz CT molecular complexity index is 1180. The first-order valence-corrected chi connectivity index (χ1v) is 9.35. The number of alkyl halides is 6. The third-order valence-electron chi connectivity index (χ3n) is 4.62. The third kappa shape index (κ3) is 4.87. The van der Waals surface area contributed by atoms with Gasteiger partial charge in [0, 0.05) is 17.8 Å². The minimum absolute atomic E-state index is 0.0134. The molecule has 0 atom stereocenters. The maximum Gasteiger partial charge on any atom is 0.434 e. The Labute approximate surface area is 188 Å². The fourth-order valence-electron chi connectivity index (χ4n) is 3.15. The lowest BCUT2D eigenvalue weighted by atomic mass is 10.1. The largest absolute Gasteiger partial charge is 0.493 e. The molecule has 0 aliphatic heterocycles. The van der Waals surface area contributed by atoms with Crippen LogP contribution in [0.2, 0.25) is 0 Å². The van der Waals surface area contributed by atoms with E-state index in [1.807, 2.05) is 0 Å². The number of methoxy groups -OCH3 is 3. The number of ether oxygens (including phenoxy) is 3. The van der Waals surface area contributed by atoms with Crippen molar-refractivity contribution in [3.63, 3.8) is 0 Å². The minimum Gasteiger partial charge on any atom is -0.493 e. The molecular formula is C21H17F6N3O4. The summed E-state index contributed by atoms with van der Waals surface area (Å²) in [5.41, 5.74) is -4.12. The van der Waals surface area contributed by atoms with E-state index in [0.717, 1.165) is 12.1 Å². The topological polar surface area (TPSA) is 74.6 Å². The number of hydrogen-bond donors (Lipinski definition) is 1. The zero-order valence-electron chi connectivity index (χ0n) is 17.8. The van der Waals surface area contributed by atoms with Crippen LogP contribution in [0.1, 0.15) is 21.6 Å². The highest BCUT2D eigenvalue weighted by Gasteiger charge is 2.41. The standard InChI is InChI=1S/C21H17F6N3O4/c1-32-15-8-12(9-16(33-2)17(15)34-3)29-19(31)14-10-28-30(18(14)21(25,26)27)13-6-4-5-11(7-13)20(22,23)24/h4-10H,1-3H3,(H,29,31). The SMILES string of the molecule is COc1cc(NC(=O)c2cnn(-c3cccc(C(F)(F)F)c3)c2C(F)(F)F)cc(OC)c1OC. The molecule has 182 valence electrons. The van der Waals surface area contributed by atoms with Gasteiger partial charge in [-0.3, -0.25) is 4.79 Å². The molecule has 0 unspecified atom stereocenters. The maximum absolute atomic E-state index is 13.9. The Hall–Kier alpha value is -3.90. The van der Waals surface area contributed by atoms with Gasteiger partial charge in [-0.2, -0.15) is 31.4 Å². The molecule has 0 aliphatic rings. The van der Waals surface area contributed by atoms with Crippen LogP contribution in [-0.2, 0) is 12.4 Å². The van der Waals surface area contributed by atoms with Crippen LogP contribution >= 0.6 is 0 Å². The van der Waals surface area contributed by atoms with Crippen LogP contribution in [-0.4, -0.2) is 37.0 Å². The van der Waals surface area contributed by atoms with E-state index in [2.05, 4.69) is 10.4 Å². The van der Waals surface area contributed by atoms with E-state index < -0.39 is 40.8 Å². The molecule has 0 saturated carbocycles. The summed E-state index contributed by atoms with van der Waals surface area (Å²) in [5, 5.41) is 5.82. The van der Waals surface area contributed by atoms with Crippen LogP contribution in [0.15, 0.2) is 42.6 Å². The van der Waals surface area contributed by atoms with Gasteiger partial charge in [0.1, 0.15) is 0 Å². The lowest BCUT2D eigenvalue weighted by molar-refractivity contribution is -0.143. The van der Waals surface area contributed by atoms with Crippen LogP contribution in [0.25, 0.3) is 5.69 Å². The first-order chi connectivity index (χ1) is 15.9. The fraction of sp³-hybridized carbons (Fsp3) is 0.238. The van der Waals surface area contributed by atoms with Crippen molar-refractivity contribution >= 4 is 11.6 Å². The molecule has 1 amide bonds. The first-order valence-electron chi connectivity index (χ1n) is 9.35. The van der Waals surface area contributed by atoms with Gasteiger partial charge in [0.2, 0.25) is 5.75 Å². The molecule has 1 N–H and O–H groups in total. The van der Waals surface area contributed by atoms with Gasteiger partial charge in [-0.05, 0) is 18.2 Å². The van der Waals surface area contributed by atoms with Crippen molar-refractivity contribution in [3.8, 4) is 22.9 Å². The van der Waals surface area contributed by atoms with Crippen LogP contribution in [0, 0.1) is 0 Å². The van der Waals surface area contributed by atoms with Gasteiger partial charge in [-0.25, -0.2) is 4.68 Å². The van der Waals surface area contributed by atoms with Gasteiger partial charge < -0.3 is 19.5 Å². The number of rotatable bonds is 6. The minimum atomic E-state index is -5.12. The average Bonchev–Trinajstić information content (AvgIpc) is 3.24. The third-order valence-corrected chi connectivity index (χ3v) is 4.62. The zero-order chi connectivity index (χ0) is 25.3. The Morgan fingerprint density at radius 1 is 0.912 bits per heavy atom. The molecule has 3 rings (SSSR count). The van der Waals surface area contributed by atoms with E-state index in [1.165, 1.54) is 33.5 Å². The van der Waals surface area contributed by atoms with Gasteiger partial charge >= 0.3 is 12.4 Å². The number of hydrogen-bond acceptors (Lipinski definition) is 5. The molecule has 2 aromatic carbocycles. The average molecular weight is 489 g/mol. The summed E-state index contributed by atoms with van der Waals surface area (Å²) in [6, 6.07) is 5.75. The summed E-state index contributed by atoms with van der Waals surface area (Å²) in [6.45, 7) is 0. The van der Waals surface area contributed by atoms with Crippen molar-refractivity contribution in [2.24, 2.45) is 0 Å². The molecule has 13 heteroatoms. The molecule has 3 aromatic rings. The number of amides is 1. The Kier molecular flexibility index (Phi) is 6.66. The Morgan fingerprint density at radius 3 is 2.03 bits per heavy atom. The molecule has 7 nitrogen and oxygen atoms in total. The van der Waals surface area contributed by atoms with E-state index in [4.69, 9.17) is 14.2 Å². The summed E-state index contributed by atoms with van der Waals surface area (Å²) in [5.74, 6) is -0.753. The van der Waals surface area contributed by atoms with E-state index in [-0.39, 0.29) is 27.6 Å². The van der Waals surface area contributed by atoms with Crippen LogP contribution in [0.3, 0.4) is 0 Å². The van der Waals surface area contributed by atoms with E-state index in [1.54, 1.807) is 0 Å². The van der Waals surface area contributed by atoms with Crippen molar-refractivity contribution in [1.29, 1.82) is 0 Å². The molecule has 1 heterocycles. The zero-order valence-corrected chi connectivity index (χ0v) is 17.8. The predicted molar refractivity (Wildman–Crippen MR) is 108 cm³/mol. The molecule has 0 bridgehead atoms. The van der Waals surface area contributed by atoms with E-state index >= 15 is 0 Å². The summed E-state index contributed by atoms with van der Waals surface area (Å²) < 4.78 is 96.4. The van der Waals surface area contributed by atoms with Gasteiger partial charge in [0.15, 0.2) is 17.2 Å². The molecule has 0 spiro atoms. The van der Waals surface area contributed by atoms with E-state index in [0.29, 0.717) is 18.3 Å². The Balaban J connectivity index is 2.05. The van der Waals surface area contributed by atoms with Crippen molar-refractivity contribution in [3.05, 3.63) is 59.4 Å². The summed E-state index contributed by atoms with van der Waals surface area (Å²) in [4.78, 5) is 12.7. The van der Waals surface area contributed by atoms with Crippen molar-refractivity contribution in [1.82, 2.24) is 9.78 Å². The lowest BCUT2D eigenvalue weighted by Crippen LogP contribution is -2.21. The second kappa shape index (κ2) is 9.15. The quantitative estimate of drug-likeness (QED) is 0.483. The van der Waals surface area contributed by atoms with Crippen LogP contribution < -0.4 is 19.5 Å². The Morgan fingerprint density at radius 2 is 1.53 bits per heavy atom. The van der Waals surface area contributed by atoms with E-state index in [9.17, 15) is 31.1 Å². The lowest BCUT2D eigenvalue weighted by Gasteiger charge is -2.16. The van der Waals surface area contributed by atoms with Crippen molar-refractivity contribution in [2.45, 2.75) is 12.4 Å². The highest BCUT2D eigenvalue weighted by atomic mass is 19.4. The van der Waals surface area contributed by atoms with Crippen LogP contribution in [0.4, 0.5) is 32.0 Å². The summed E-state index contributed by atoms with van der Waals surface area (Å²) >= 11 is 0. The second-order valence-electron chi connectivity index (χ2n) is 6.73. The smallest absolute Gasteiger partial charge is 0.434 e.